The van der Waals surface area contributed by atoms with Crippen molar-refractivity contribution in [3.05, 3.63) is 64.7 Å². The summed E-state index contributed by atoms with van der Waals surface area (Å²) in [4.78, 5) is 36.8. The number of nitrogens with one attached hydrogen (secondary N) is 3. The van der Waals surface area contributed by atoms with Crippen molar-refractivity contribution in [3.8, 4) is 5.75 Å². The predicted molar refractivity (Wildman–Crippen MR) is 172 cm³/mol. The quantitative estimate of drug-likeness (QED) is 0.169. The van der Waals surface area contributed by atoms with Gasteiger partial charge in [-0.25, -0.2) is 10.4 Å². The highest BCUT2D eigenvalue weighted by Gasteiger charge is 2.31. The van der Waals surface area contributed by atoms with Gasteiger partial charge in [0.2, 0.25) is 5.91 Å². The van der Waals surface area contributed by atoms with Gasteiger partial charge in [0.05, 0.1) is 12.6 Å². The first-order chi connectivity index (χ1) is 21.9. The second-order valence-electron chi connectivity index (χ2n) is 11.8. The van der Waals surface area contributed by atoms with Crippen LogP contribution in [-0.4, -0.2) is 94.7 Å². The van der Waals surface area contributed by atoms with Gasteiger partial charge in [0.25, 0.3) is 0 Å². The SMILES string of the molecule is CNC(=O)C(CCC=O)N(C)Cc1cc(OCCCCNCC2NN(C)C(c3ccc(C4CCOCC4)cc3)O2)ccc1C=O. The Labute approximate surface area is 266 Å². The Morgan fingerprint density at radius 1 is 1.13 bits per heavy atom. The molecule has 45 heavy (non-hydrogen) atoms. The average molecular weight is 624 g/mol. The fraction of sp³-hybridized carbons (Fsp3) is 0.559. The third-order valence-corrected chi connectivity index (χ3v) is 8.55. The van der Waals surface area contributed by atoms with Gasteiger partial charge in [-0.05, 0) is 86.5 Å². The molecule has 2 aliphatic heterocycles. The molecule has 11 nitrogen and oxygen atoms in total. The lowest BCUT2D eigenvalue weighted by molar-refractivity contribution is -0.126. The van der Waals surface area contributed by atoms with Gasteiger partial charge in [0.1, 0.15) is 24.5 Å². The first-order valence-corrected chi connectivity index (χ1v) is 16.0. The molecule has 0 saturated carbocycles. The number of rotatable bonds is 18. The number of amides is 1. The van der Waals surface area contributed by atoms with E-state index in [1.807, 2.05) is 30.1 Å². The van der Waals surface area contributed by atoms with Crippen LogP contribution < -0.4 is 20.8 Å². The molecule has 3 atom stereocenters. The van der Waals surface area contributed by atoms with Gasteiger partial charge >= 0.3 is 0 Å². The summed E-state index contributed by atoms with van der Waals surface area (Å²) < 4.78 is 17.8. The van der Waals surface area contributed by atoms with Gasteiger partial charge in [-0.1, -0.05) is 24.3 Å². The number of nitrogens with zero attached hydrogens (tertiary/aromatic N) is 2. The lowest BCUT2D eigenvalue weighted by Gasteiger charge is -2.27. The number of ether oxygens (including phenoxy) is 3. The highest BCUT2D eigenvalue weighted by molar-refractivity contribution is 5.82. The van der Waals surface area contributed by atoms with E-state index in [0.29, 0.717) is 43.3 Å². The number of likely N-dealkylation sites (N-methyl/N-ethyl adjacent to an activating group) is 2. The Hall–Kier alpha value is -3.19. The van der Waals surface area contributed by atoms with E-state index in [2.05, 4.69) is 40.3 Å². The highest BCUT2D eigenvalue weighted by atomic mass is 16.6. The van der Waals surface area contributed by atoms with E-state index in [9.17, 15) is 14.4 Å². The maximum Gasteiger partial charge on any atom is 0.237 e. The van der Waals surface area contributed by atoms with Crippen LogP contribution in [0.4, 0.5) is 0 Å². The molecule has 0 aromatic heterocycles. The number of hydrogen-bond acceptors (Lipinski definition) is 10. The molecule has 0 spiro atoms. The van der Waals surface area contributed by atoms with E-state index in [4.69, 9.17) is 14.2 Å². The molecule has 2 fully saturated rings. The Balaban J connectivity index is 1.16. The number of carbonyl (C=O) groups excluding carboxylic acids is 3. The fourth-order valence-corrected chi connectivity index (χ4v) is 5.95. The second-order valence-corrected chi connectivity index (χ2v) is 11.8. The zero-order chi connectivity index (χ0) is 32.0. The minimum Gasteiger partial charge on any atom is -0.494 e. The molecule has 3 unspecified atom stereocenters. The summed E-state index contributed by atoms with van der Waals surface area (Å²) in [7, 11) is 5.40. The van der Waals surface area contributed by atoms with Crippen LogP contribution in [0.3, 0.4) is 0 Å². The summed E-state index contributed by atoms with van der Waals surface area (Å²) in [5.41, 5.74) is 7.24. The lowest BCUT2D eigenvalue weighted by atomic mass is 9.91. The van der Waals surface area contributed by atoms with Crippen LogP contribution in [0.1, 0.15) is 77.7 Å². The summed E-state index contributed by atoms with van der Waals surface area (Å²) >= 11 is 0. The average Bonchev–Trinajstić information content (AvgIpc) is 3.44. The fourth-order valence-electron chi connectivity index (χ4n) is 5.95. The van der Waals surface area contributed by atoms with E-state index in [1.165, 1.54) is 5.56 Å². The van der Waals surface area contributed by atoms with Gasteiger partial charge in [-0.3, -0.25) is 14.5 Å². The summed E-state index contributed by atoms with van der Waals surface area (Å²) in [5, 5.41) is 8.15. The Morgan fingerprint density at radius 2 is 1.89 bits per heavy atom. The zero-order valence-electron chi connectivity index (χ0n) is 26.8. The first-order valence-electron chi connectivity index (χ1n) is 16.0. The van der Waals surface area contributed by atoms with Gasteiger partial charge in [0.15, 0.2) is 6.23 Å². The van der Waals surface area contributed by atoms with Crippen molar-refractivity contribution in [2.24, 2.45) is 0 Å². The standard InChI is InChI=1S/C34H49N5O6/c1-35-33(42)31(7-6-17-40)38(2)23-29-21-30(13-12-28(29)24-41)44-18-5-4-16-36-22-32-37-39(3)34(45-32)27-10-8-25(9-11-27)26-14-19-43-20-15-26/h8-13,17,21,24,26,31-32,34,36-37H,4-7,14-16,18-20,22-23H2,1-3H3,(H,35,42). The van der Waals surface area contributed by atoms with E-state index < -0.39 is 6.04 Å². The van der Waals surface area contributed by atoms with Crippen LogP contribution >= 0.6 is 0 Å². The molecule has 0 radical (unpaired) electrons. The molecule has 3 N–H and O–H groups in total. The van der Waals surface area contributed by atoms with Crippen molar-refractivity contribution in [2.45, 2.75) is 69.5 Å². The Bertz CT molecular complexity index is 1220. The smallest absolute Gasteiger partial charge is 0.237 e. The van der Waals surface area contributed by atoms with E-state index in [-0.39, 0.29) is 24.8 Å². The molecule has 2 aromatic carbocycles. The van der Waals surface area contributed by atoms with Gasteiger partial charge in [-0.15, -0.1) is 0 Å². The van der Waals surface area contributed by atoms with E-state index in [0.717, 1.165) is 69.1 Å². The molecule has 2 aliphatic rings. The van der Waals surface area contributed by atoms with Crippen LogP contribution in [0.2, 0.25) is 0 Å². The minimum absolute atomic E-state index is 0.110. The van der Waals surface area contributed by atoms with Gasteiger partial charge in [0, 0.05) is 52.4 Å². The number of hydrogen-bond donors (Lipinski definition) is 3. The number of carbonyl (C=O) groups is 3. The molecular weight excluding hydrogens is 574 g/mol. The summed E-state index contributed by atoms with van der Waals surface area (Å²) in [5.74, 6) is 1.10. The summed E-state index contributed by atoms with van der Waals surface area (Å²) in [6.45, 7) is 4.13. The molecule has 11 heteroatoms. The van der Waals surface area contributed by atoms with E-state index in [1.54, 1.807) is 19.2 Å². The van der Waals surface area contributed by atoms with Crippen LogP contribution in [0.15, 0.2) is 42.5 Å². The molecule has 4 rings (SSSR count). The maximum atomic E-state index is 12.4. The summed E-state index contributed by atoms with van der Waals surface area (Å²) in [6, 6.07) is 13.7. The zero-order valence-corrected chi connectivity index (χ0v) is 26.8. The number of hydrazine groups is 1. The number of benzene rings is 2. The van der Waals surface area contributed by atoms with Crippen LogP contribution in [-0.2, 0) is 25.6 Å². The first kappa shape index (κ1) is 34.7. The molecule has 2 heterocycles. The van der Waals surface area contributed by atoms with Crippen molar-refractivity contribution in [2.75, 3.05) is 54.1 Å². The van der Waals surface area contributed by atoms with Crippen molar-refractivity contribution >= 4 is 18.5 Å². The molecular formula is C34H49N5O6. The van der Waals surface area contributed by atoms with Crippen molar-refractivity contribution in [1.29, 1.82) is 0 Å². The minimum atomic E-state index is -0.471. The van der Waals surface area contributed by atoms with Gasteiger partial charge in [-0.2, -0.15) is 0 Å². The summed E-state index contributed by atoms with van der Waals surface area (Å²) in [6.07, 6.45) is 6.05. The van der Waals surface area contributed by atoms with Crippen molar-refractivity contribution in [3.63, 3.8) is 0 Å². The Morgan fingerprint density at radius 3 is 2.60 bits per heavy atom. The highest BCUT2D eigenvalue weighted by Crippen LogP contribution is 2.30. The molecule has 2 saturated heterocycles. The lowest BCUT2D eigenvalue weighted by Crippen LogP contribution is -2.43. The van der Waals surface area contributed by atoms with Crippen molar-refractivity contribution < 1.29 is 28.6 Å². The normalized spacial score (nSPS) is 19.8. The topological polar surface area (TPSA) is 121 Å². The van der Waals surface area contributed by atoms with Crippen LogP contribution in [0, 0.1) is 0 Å². The van der Waals surface area contributed by atoms with Crippen molar-refractivity contribution in [1.82, 2.24) is 26.0 Å². The largest absolute Gasteiger partial charge is 0.494 e. The monoisotopic (exact) mass is 623 g/mol. The van der Waals surface area contributed by atoms with Crippen LogP contribution in [0.25, 0.3) is 0 Å². The predicted octanol–water partition coefficient (Wildman–Crippen LogP) is 3.16. The van der Waals surface area contributed by atoms with Gasteiger partial charge < -0.3 is 29.6 Å². The molecule has 246 valence electrons. The van der Waals surface area contributed by atoms with Crippen LogP contribution in [0.5, 0.6) is 5.75 Å². The second kappa shape index (κ2) is 18.1. The third-order valence-electron chi connectivity index (χ3n) is 8.55. The third kappa shape index (κ3) is 10.2. The maximum absolute atomic E-state index is 12.4. The molecule has 0 aliphatic carbocycles. The molecule has 2 aromatic rings. The number of aldehydes is 2. The number of unbranched alkanes of at least 4 members (excludes halogenated alkanes) is 1. The Kier molecular flexibility index (Phi) is 13.9. The van der Waals surface area contributed by atoms with E-state index >= 15 is 0 Å². The molecule has 0 bridgehead atoms. The molecule has 1 amide bonds.